The molecule has 1 aliphatic heterocycles. The lowest BCUT2D eigenvalue weighted by Gasteiger charge is -2.28. The molecule has 31 heavy (non-hydrogen) atoms. The van der Waals surface area contributed by atoms with Crippen molar-refractivity contribution in [2.45, 2.75) is 6.54 Å². The zero-order valence-electron chi connectivity index (χ0n) is 17.2. The van der Waals surface area contributed by atoms with Crippen LogP contribution in [0.2, 0.25) is 0 Å². The van der Waals surface area contributed by atoms with Gasteiger partial charge < -0.3 is 5.11 Å². The second kappa shape index (κ2) is 7.82. The zero-order valence-corrected chi connectivity index (χ0v) is 17.2. The van der Waals surface area contributed by atoms with Gasteiger partial charge in [0.2, 0.25) is 0 Å². The van der Waals surface area contributed by atoms with Crippen molar-refractivity contribution in [1.82, 2.24) is 9.88 Å². The Kier molecular flexibility index (Phi) is 4.85. The van der Waals surface area contributed by atoms with Gasteiger partial charge in [0.05, 0.1) is 16.8 Å². The normalized spacial score (nSPS) is 15.2. The number of rotatable bonds is 3. The smallest absolute Gasteiger partial charge is 0.336 e. The van der Waals surface area contributed by atoms with E-state index in [9.17, 15) is 9.90 Å². The third-order valence-corrected chi connectivity index (χ3v) is 5.74. The summed E-state index contributed by atoms with van der Waals surface area (Å²) < 4.78 is 0. The average Bonchev–Trinajstić information content (AvgIpc) is 2.78. The predicted octanol–water partition coefficient (Wildman–Crippen LogP) is 5.59. The molecule has 5 rings (SSSR count). The number of pyridine rings is 1. The van der Waals surface area contributed by atoms with Crippen molar-refractivity contribution in [3.63, 3.8) is 0 Å². The zero-order chi connectivity index (χ0) is 21.4. The minimum Gasteiger partial charge on any atom is -0.478 e. The highest BCUT2D eigenvalue weighted by Crippen LogP contribution is 2.33. The number of hydrogen-bond acceptors (Lipinski definition) is 3. The van der Waals surface area contributed by atoms with Crippen LogP contribution >= 0.6 is 0 Å². The second-order valence-electron chi connectivity index (χ2n) is 7.97. The monoisotopic (exact) mass is 406 g/mol. The van der Waals surface area contributed by atoms with Gasteiger partial charge in [-0.25, -0.2) is 9.78 Å². The number of carboxylic acid groups (broad SMARTS) is 1. The molecule has 1 aliphatic rings. The van der Waals surface area contributed by atoms with Gasteiger partial charge >= 0.3 is 5.97 Å². The van der Waals surface area contributed by atoms with Gasteiger partial charge in [0, 0.05) is 24.0 Å². The lowest BCUT2D eigenvalue weighted by molar-refractivity contribution is 0.0696. The van der Waals surface area contributed by atoms with Crippen molar-refractivity contribution in [2.24, 2.45) is 0 Å². The summed E-state index contributed by atoms with van der Waals surface area (Å²) in [5.74, 6) is -0.906. The summed E-state index contributed by atoms with van der Waals surface area (Å²) >= 11 is 0. The molecule has 2 heterocycles. The highest BCUT2D eigenvalue weighted by molar-refractivity contribution is 6.06. The first kappa shape index (κ1) is 19.2. The maximum absolute atomic E-state index is 12.2. The molecule has 0 aliphatic carbocycles. The molecule has 0 radical (unpaired) electrons. The number of nitrogens with zero attached hydrogens (tertiary/aromatic N) is 2. The number of aromatic carboxylic acids is 1. The number of likely N-dealkylation sites (N-methyl/N-ethyl adjacent to an activating group) is 1. The molecular weight excluding hydrogens is 384 g/mol. The molecule has 0 saturated carbocycles. The Labute approximate surface area is 181 Å². The van der Waals surface area contributed by atoms with Crippen LogP contribution < -0.4 is 0 Å². The molecular formula is C27H22N2O2. The summed E-state index contributed by atoms with van der Waals surface area (Å²) in [5.41, 5.74) is 7.11. The average molecular weight is 406 g/mol. The molecule has 1 N–H and O–H groups in total. The third-order valence-electron chi connectivity index (χ3n) is 5.74. The molecule has 0 bridgehead atoms. The summed E-state index contributed by atoms with van der Waals surface area (Å²) in [6.45, 7) is 1.29. The fourth-order valence-electron chi connectivity index (χ4n) is 4.32. The van der Waals surface area contributed by atoms with E-state index in [0.29, 0.717) is 23.0 Å². The van der Waals surface area contributed by atoms with E-state index in [1.54, 1.807) is 0 Å². The number of carbonyl (C=O) groups is 1. The van der Waals surface area contributed by atoms with Crippen LogP contribution in [-0.4, -0.2) is 34.6 Å². The maximum Gasteiger partial charge on any atom is 0.336 e. The fraction of sp³-hybridized carbons (Fsp3) is 0.111. The number of benzene rings is 3. The first-order valence-corrected chi connectivity index (χ1v) is 10.3. The third kappa shape index (κ3) is 3.62. The molecule has 4 heteroatoms. The highest BCUT2D eigenvalue weighted by atomic mass is 16.4. The predicted molar refractivity (Wildman–Crippen MR) is 125 cm³/mol. The summed E-state index contributed by atoms with van der Waals surface area (Å²) in [5, 5.41) is 10.7. The number of hydrogen-bond donors (Lipinski definition) is 1. The van der Waals surface area contributed by atoms with Gasteiger partial charge in [0.25, 0.3) is 0 Å². The molecule has 1 aromatic heterocycles. The number of aromatic nitrogens is 1. The summed E-state index contributed by atoms with van der Waals surface area (Å²) in [7, 11) is 2.01. The Morgan fingerprint density at radius 1 is 0.903 bits per heavy atom. The fourth-order valence-corrected chi connectivity index (χ4v) is 4.32. The Morgan fingerprint density at radius 2 is 1.58 bits per heavy atom. The number of para-hydroxylation sites is 1. The summed E-state index contributed by atoms with van der Waals surface area (Å²) in [4.78, 5) is 19.2. The molecule has 4 nitrogen and oxygen atoms in total. The van der Waals surface area contributed by atoms with Gasteiger partial charge in [0.1, 0.15) is 0 Å². The van der Waals surface area contributed by atoms with E-state index in [0.717, 1.165) is 28.9 Å². The van der Waals surface area contributed by atoms with E-state index in [1.807, 2.05) is 49.5 Å². The van der Waals surface area contributed by atoms with Gasteiger partial charge in [-0.05, 0) is 41.5 Å². The number of carboxylic acids is 1. The minimum atomic E-state index is -0.906. The quantitative estimate of drug-likeness (QED) is 0.482. The maximum atomic E-state index is 12.2. The van der Waals surface area contributed by atoms with E-state index in [4.69, 9.17) is 4.98 Å². The van der Waals surface area contributed by atoms with Crippen molar-refractivity contribution >= 4 is 28.5 Å². The van der Waals surface area contributed by atoms with E-state index in [2.05, 4.69) is 47.4 Å². The van der Waals surface area contributed by atoms with Crippen LogP contribution in [0.25, 0.3) is 33.7 Å². The standard InChI is InChI=1S/C27H22N2O2/c1-29-16-21(15-18-11-13-20(14-12-18)19-7-3-2-4-8-19)26-23(17-29)25(27(30)31)22-9-5-6-10-24(22)28-26/h2-15H,16-17H2,1H3,(H,30,31). The van der Waals surface area contributed by atoms with Crippen LogP contribution in [0.3, 0.4) is 0 Å². The van der Waals surface area contributed by atoms with Gasteiger partial charge in [-0.15, -0.1) is 0 Å². The van der Waals surface area contributed by atoms with Crippen molar-refractivity contribution in [2.75, 3.05) is 13.6 Å². The van der Waals surface area contributed by atoms with Crippen LogP contribution in [0, 0.1) is 0 Å². The minimum absolute atomic E-state index is 0.359. The Morgan fingerprint density at radius 3 is 2.32 bits per heavy atom. The van der Waals surface area contributed by atoms with Crippen LogP contribution in [0.1, 0.15) is 27.2 Å². The molecule has 3 aromatic carbocycles. The lowest BCUT2D eigenvalue weighted by atomic mass is 9.92. The van der Waals surface area contributed by atoms with Gasteiger partial charge in [-0.2, -0.15) is 0 Å². The topological polar surface area (TPSA) is 53.4 Å². The van der Waals surface area contributed by atoms with Crippen LogP contribution in [0.15, 0.2) is 78.9 Å². The van der Waals surface area contributed by atoms with E-state index >= 15 is 0 Å². The molecule has 0 fully saturated rings. The second-order valence-corrected chi connectivity index (χ2v) is 7.97. The summed E-state index contributed by atoms with van der Waals surface area (Å²) in [6.07, 6.45) is 2.12. The Bertz CT molecular complexity index is 1310. The van der Waals surface area contributed by atoms with Crippen molar-refractivity contribution in [3.8, 4) is 11.1 Å². The van der Waals surface area contributed by atoms with Crippen LogP contribution in [-0.2, 0) is 6.54 Å². The molecule has 0 atom stereocenters. The Hall–Kier alpha value is -3.76. The van der Waals surface area contributed by atoms with Crippen LogP contribution in [0.5, 0.6) is 0 Å². The first-order valence-electron chi connectivity index (χ1n) is 10.3. The molecule has 0 saturated heterocycles. The van der Waals surface area contributed by atoms with Gasteiger partial charge in [-0.3, -0.25) is 4.90 Å². The molecule has 0 amide bonds. The highest BCUT2D eigenvalue weighted by Gasteiger charge is 2.27. The van der Waals surface area contributed by atoms with Crippen molar-refractivity contribution in [1.29, 1.82) is 0 Å². The molecule has 152 valence electrons. The lowest BCUT2D eigenvalue weighted by Crippen LogP contribution is -2.28. The van der Waals surface area contributed by atoms with Gasteiger partial charge in [-0.1, -0.05) is 72.8 Å². The van der Waals surface area contributed by atoms with Crippen molar-refractivity contribution in [3.05, 3.63) is 101 Å². The Balaban J connectivity index is 1.62. The van der Waals surface area contributed by atoms with Crippen LogP contribution in [0.4, 0.5) is 0 Å². The van der Waals surface area contributed by atoms with E-state index in [-0.39, 0.29) is 0 Å². The SMILES string of the molecule is CN1CC(=Cc2ccc(-c3ccccc3)cc2)c2nc3ccccc3c(C(=O)O)c2C1. The molecule has 4 aromatic rings. The van der Waals surface area contributed by atoms with Crippen molar-refractivity contribution < 1.29 is 9.90 Å². The first-order chi connectivity index (χ1) is 15.1. The van der Waals surface area contributed by atoms with E-state index in [1.165, 1.54) is 11.1 Å². The molecule has 0 spiro atoms. The summed E-state index contributed by atoms with van der Waals surface area (Å²) in [6, 6.07) is 26.2. The number of fused-ring (bicyclic) bond motifs is 2. The molecule has 0 unspecified atom stereocenters. The largest absolute Gasteiger partial charge is 0.478 e. The van der Waals surface area contributed by atoms with Gasteiger partial charge in [0.15, 0.2) is 0 Å². The van der Waals surface area contributed by atoms with E-state index < -0.39 is 5.97 Å².